The summed E-state index contributed by atoms with van der Waals surface area (Å²) >= 11 is 0. The van der Waals surface area contributed by atoms with E-state index in [4.69, 9.17) is 9.84 Å². The van der Waals surface area contributed by atoms with E-state index in [-0.39, 0.29) is 0 Å². The molecule has 0 bridgehead atoms. The van der Waals surface area contributed by atoms with Crippen LogP contribution in [0.25, 0.3) is 0 Å². The summed E-state index contributed by atoms with van der Waals surface area (Å²) in [7, 11) is 1.53. The maximum Gasteiger partial charge on any atom is 0.333 e. The number of carbonyl (C=O) groups is 1. The van der Waals surface area contributed by atoms with Crippen LogP contribution in [0.3, 0.4) is 0 Å². The number of aliphatic hydroxyl groups excluding tert-OH is 1. The second-order valence-electron chi connectivity index (χ2n) is 4.67. The van der Waals surface area contributed by atoms with Crippen LogP contribution in [0.2, 0.25) is 0 Å². The van der Waals surface area contributed by atoms with Gasteiger partial charge in [-0.15, -0.1) is 0 Å². The zero-order valence-electron chi connectivity index (χ0n) is 10.5. The molecule has 0 fully saturated rings. The Bertz CT molecular complexity index is 423. The van der Waals surface area contributed by atoms with Crippen molar-refractivity contribution in [1.29, 1.82) is 0 Å². The monoisotopic (exact) mass is 238 g/mol. The smallest absolute Gasteiger partial charge is 0.333 e. The van der Waals surface area contributed by atoms with E-state index in [1.54, 1.807) is 19.9 Å². The molecule has 0 amide bonds. The number of carboxylic acid groups (broad SMARTS) is 1. The summed E-state index contributed by atoms with van der Waals surface area (Å²) < 4.78 is 5.24. The molecule has 1 rings (SSSR count). The second-order valence-corrected chi connectivity index (χ2v) is 4.67. The average Bonchev–Trinajstić information content (AvgIpc) is 2.27. The van der Waals surface area contributed by atoms with Crippen molar-refractivity contribution in [2.24, 2.45) is 0 Å². The van der Waals surface area contributed by atoms with Gasteiger partial charge < -0.3 is 14.9 Å². The lowest BCUT2D eigenvalue weighted by atomic mass is 9.78. The van der Waals surface area contributed by atoms with Crippen molar-refractivity contribution in [2.45, 2.75) is 32.3 Å². The maximum atomic E-state index is 10.9. The Hall–Kier alpha value is -1.55. The van der Waals surface area contributed by atoms with Crippen LogP contribution in [0.1, 0.15) is 25.0 Å². The zero-order chi connectivity index (χ0) is 13.2. The maximum absolute atomic E-state index is 10.9. The summed E-state index contributed by atoms with van der Waals surface area (Å²) in [5.74, 6) is -0.645. The summed E-state index contributed by atoms with van der Waals surface area (Å²) in [6.07, 6.45) is -1.47. The Kier molecular flexibility index (Phi) is 3.78. The number of benzene rings is 1. The minimum absolute atomic E-state index is 0.593. The van der Waals surface area contributed by atoms with E-state index in [0.29, 0.717) is 11.3 Å². The first-order valence-electron chi connectivity index (χ1n) is 5.36. The molecule has 0 aliphatic carbocycles. The standard InChI is InChI=1S/C13H18O4/c1-8-5-6-9(10(7-8)17-4)13(2,3)11(14)12(15)16/h5-7,11,14H,1-4H3,(H,15,16). The molecule has 4 heteroatoms. The summed E-state index contributed by atoms with van der Waals surface area (Å²) in [5.41, 5.74) is 0.789. The highest BCUT2D eigenvalue weighted by atomic mass is 16.5. The predicted octanol–water partition coefficient (Wildman–Crippen LogP) is 1.73. The molecule has 0 aliphatic rings. The Balaban J connectivity index is 3.27. The van der Waals surface area contributed by atoms with Crippen molar-refractivity contribution < 1.29 is 19.7 Å². The second kappa shape index (κ2) is 4.75. The molecule has 0 heterocycles. The number of hydrogen-bond acceptors (Lipinski definition) is 3. The topological polar surface area (TPSA) is 66.8 Å². The molecule has 94 valence electrons. The van der Waals surface area contributed by atoms with Crippen molar-refractivity contribution in [3.8, 4) is 5.75 Å². The van der Waals surface area contributed by atoms with Crippen molar-refractivity contribution >= 4 is 5.97 Å². The number of ether oxygens (including phenoxy) is 1. The lowest BCUT2D eigenvalue weighted by molar-refractivity contribution is -0.150. The molecule has 4 nitrogen and oxygen atoms in total. The number of aryl methyl sites for hydroxylation is 1. The first-order valence-corrected chi connectivity index (χ1v) is 5.36. The molecule has 0 saturated heterocycles. The summed E-state index contributed by atoms with van der Waals surface area (Å²) in [5, 5.41) is 18.6. The molecule has 1 aromatic rings. The van der Waals surface area contributed by atoms with Crippen LogP contribution in [-0.2, 0) is 10.2 Å². The molecule has 17 heavy (non-hydrogen) atoms. The Morgan fingerprint density at radius 1 is 1.41 bits per heavy atom. The van der Waals surface area contributed by atoms with Gasteiger partial charge in [-0.25, -0.2) is 4.79 Å². The minimum Gasteiger partial charge on any atom is -0.496 e. The molecular weight excluding hydrogens is 220 g/mol. The van der Waals surface area contributed by atoms with E-state index >= 15 is 0 Å². The van der Waals surface area contributed by atoms with Crippen LogP contribution in [0, 0.1) is 6.92 Å². The largest absolute Gasteiger partial charge is 0.496 e. The molecule has 0 aliphatic heterocycles. The van der Waals surface area contributed by atoms with Gasteiger partial charge >= 0.3 is 5.97 Å². The molecule has 1 atom stereocenters. The quantitative estimate of drug-likeness (QED) is 0.838. The van der Waals surface area contributed by atoms with Gasteiger partial charge in [0.25, 0.3) is 0 Å². The molecule has 0 saturated carbocycles. The van der Waals surface area contributed by atoms with Gasteiger partial charge in [0.1, 0.15) is 5.75 Å². The van der Waals surface area contributed by atoms with E-state index in [0.717, 1.165) is 5.56 Å². The highest BCUT2D eigenvalue weighted by molar-refractivity contribution is 5.74. The fourth-order valence-corrected chi connectivity index (χ4v) is 1.79. The number of rotatable bonds is 4. The van der Waals surface area contributed by atoms with Crippen LogP contribution in [0.5, 0.6) is 5.75 Å². The van der Waals surface area contributed by atoms with Gasteiger partial charge in [0.05, 0.1) is 7.11 Å². The van der Waals surface area contributed by atoms with Gasteiger partial charge in [-0.3, -0.25) is 0 Å². The van der Waals surface area contributed by atoms with Gasteiger partial charge in [0.2, 0.25) is 0 Å². The molecule has 2 N–H and O–H groups in total. The lowest BCUT2D eigenvalue weighted by Gasteiger charge is -2.29. The number of aliphatic carboxylic acids is 1. The van der Waals surface area contributed by atoms with E-state index < -0.39 is 17.5 Å². The van der Waals surface area contributed by atoms with Gasteiger partial charge in [0, 0.05) is 11.0 Å². The van der Waals surface area contributed by atoms with Crippen molar-refractivity contribution in [1.82, 2.24) is 0 Å². The molecule has 0 spiro atoms. The van der Waals surface area contributed by atoms with Crippen LogP contribution < -0.4 is 4.74 Å². The van der Waals surface area contributed by atoms with Crippen LogP contribution in [-0.4, -0.2) is 29.4 Å². The Morgan fingerprint density at radius 3 is 2.47 bits per heavy atom. The first-order chi connectivity index (χ1) is 7.80. The molecule has 1 aromatic carbocycles. The molecule has 0 radical (unpaired) electrons. The summed E-state index contributed by atoms with van der Waals surface area (Å²) in [6.45, 7) is 5.28. The Morgan fingerprint density at radius 2 is 2.00 bits per heavy atom. The number of hydrogen-bond donors (Lipinski definition) is 2. The lowest BCUT2D eigenvalue weighted by Crippen LogP contribution is -2.40. The first kappa shape index (κ1) is 13.5. The predicted molar refractivity (Wildman–Crippen MR) is 64.4 cm³/mol. The van der Waals surface area contributed by atoms with Crippen LogP contribution >= 0.6 is 0 Å². The van der Waals surface area contributed by atoms with Crippen LogP contribution in [0.15, 0.2) is 18.2 Å². The fourth-order valence-electron chi connectivity index (χ4n) is 1.79. The van der Waals surface area contributed by atoms with E-state index in [9.17, 15) is 9.90 Å². The average molecular weight is 238 g/mol. The normalized spacial score (nSPS) is 13.2. The zero-order valence-corrected chi connectivity index (χ0v) is 10.5. The molecular formula is C13H18O4. The number of carboxylic acids is 1. The van der Waals surface area contributed by atoms with Crippen molar-refractivity contribution in [2.75, 3.05) is 7.11 Å². The van der Waals surface area contributed by atoms with E-state index in [1.165, 1.54) is 7.11 Å². The Labute approximate surface area is 101 Å². The van der Waals surface area contributed by atoms with Gasteiger partial charge in [-0.2, -0.15) is 0 Å². The minimum atomic E-state index is -1.47. The third-order valence-corrected chi connectivity index (χ3v) is 2.97. The number of aliphatic hydroxyl groups is 1. The van der Waals surface area contributed by atoms with Gasteiger partial charge in [-0.1, -0.05) is 26.0 Å². The van der Waals surface area contributed by atoms with Crippen molar-refractivity contribution in [3.05, 3.63) is 29.3 Å². The SMILES string of the molecule is COc1cc(C)ccc1C(C)(C)C(O)C(=O)O. The van der Waals surface area contributed by atoms with E-state index in [1.807, 2.05) is 19.1 Å². The fraction of sp³-hybridized carbons (Fsp3) is 0.462. The summed E-state index contributed by atoms with van der Waals surface area (Å²) in [6, 6.07) is 5.49. The molecule has 0 aromatic heterocycles. The summed E-state index contributed by atoms with van der Waals surface area (Å²) in [4.78, 5) is 10.9. The third kappa shape index (κ3) is 2.58. The van der Waals surface area contributed by atoms with Gasteiger partial charge in [0.15, 0.2) is 6.10 Å². The number of methoxy groups -OCH3 is 1. The highest BCUT2D eigenvalue weighted by Crippen LogP contribution is 2.35. The highest BCUT2D eigenvalue weighted by Gasteiger charge is 2.37. The van der Waals surface area contributed by atoms with E-state index in [2.05, 4.69) is 0 Å². The van der Waals surface area contributed by atoms with Crippen LogP contribution in [0.4, 0.5) is 0 Å². The van der Waals surface area contributed by atoms with Crippen molar-refractivity contribution in [3.63, 3.8) is 0 Å². The van der Waals surface area contributed by atoms with Gasteiger partial charge in [-0.05, 0) is 18.6 Å². The molecule has 1 unspecified atom stereocenters. The third-order valence-electron chi connectivity index (χ3n) is 2.97.